The number of aliphatic hydroxyl groups is 3. The van der Waals surface area contributed by atoms with Gasteiger partial charge >= 0.3 is 0 Å². The minimum Gasteiger partial charge on any atom is -0.496 e. The summed E-state index contributed by atoms with van der Waals surface area (Å²) >= 11 is 0. The molecule has 1 saturated heterocycles. The molecule has 1 amide bonds. The van der Waals surface area contributed by atoms with Crippen LogP contribution in [0.3, 0.4) is 0 Å². The van der Waals surface area contributed by atoms with Crippen molar-refractivity contribution >= 4 is 5.91 Å². The van der Waals surface area contributed by atoms with E-state index < -0.39 is 24.3 Å². The lowest BCUT2D eigenvalue weighted by molar-refractivity contribution is -0.121. The van der Waals surface area contributed by atoms with E-state index in [1.807, 2.05) is 0 Å². The van der Waals surface area contributed by atoms with Crippen LogP contribution in [0.2, 0.25) is 0 Å². The van der Waals surface area contributed by atoms with Crippen molar-refractivity contribution in [3.63, 3.8) is 0 Å². The maximum atomic E-state index is 12.2. The highest BCUT2D eigenvalue weighted by molar-refractivity contribution is 5.76. The molecule has 0 radical (unpaired) electrons. The van der Waals surface area contributed by atoms with Crippen LogP contribution in [0.1, 0.15) is 12.0 Å². The zero-order chi connectivity index (χ0) is 20.0. The summed E-state index contributed by atoms with van der Waals surface area (Å²) in [6.45, 7) is -0.140. The predicted octanol–water partition coefficient (Wildman–Crippen LogP) is -1.18. The Morgan fingerprint density at radius 2 is 1.63 bits per heavy atom. The quantitative estimate of drug-likeness (QED) is 0.360. The second kappa shape index (κ2) is 9.75. The van der Waals surface area contributed by atoms with E-state index in [1.54, 1.807) is 19.2 Å². The van der Waals surface area contributed by atoms with Crippen LogP contribution < -0.4 is 24.8 Å². The molecule has 1 fully saturated rings. The Morgan fingerprint density at radius 1 is 1.04 bits per heavy atom. The molecule has 0 aliphatic carbocycles. The molecular weight excluding hydrogens is 356 g/mol. The second-order valence-electron chi connectivity index (χ2n) is 6.37. The summed E-state index contributed by atoms with van der Waals surface area (Å²) < 4.78 is 15.9. The molecule has 0 spiro atoms. The van der Waals surface area contributed by atoms with Crippen molar-refractivity contribution in [3.05, 3.63) is 17.7 Å². The first kappa shape index (κ1) is 21.2. The number of carbonyl (C=O) groups is 1. The Hall–Kier alpha value is -2.07. The molecule has 9 heteroatoms. The van der Waals surface area contributed by atoms with E-state index in [2.05, 4.69) is 10.6 Å². The van der Waals surface area contributed by atoms with Crippen molar-refractivity contribution in [3.8, 4) is 17.2 Å². The fourth-order valence-electron chi connectivity index (χ4n) is 3.14. The third-order valence-electron chi connectivity index (χ3n) is 4.73. The van der Waals surface area contributed by atoms with Crippen molar-refractivity contribution in [2.75, 3.05) is 34.5 Å². The molecule has 27 heavy (non-hydrogen) atoms. The fraction of sp³-hybridized carbons (Fsp3) is 0.611. The Morgan fingerprint density at radius 3 is 2.19 bits per heavy atom. The zero-order valence-electron chi connectivity index (χ0n) is 15.8. The smallest absolute Gasteiger partial charge is 0.220 e. The first-order chi connectivity index (χ1) is 12.9. The van der Waals surface area contributed by atoms with Crippen LogP contribution in [0.25, 0.3) is 0 Å². The first-order valence-electron chi connectivity index (χ1n) is 8.73. The van der Waals surface area contributed by atoms with Crippen molar-refractivity contribution in [2.24, 2.45) is 0 Å². The van der Waals surface area contributed by atoms with Crippen LogP contribution in [0, 0.1) is 0 Å². The van der Waals surface area contributed by atoms with Gasteiger partial charge in [-0.25, -0.2) is 0 Å². The number of carbonyl (C=O) groups excluding carboxylic acids is 1. The van der Waals surface area contributed by atoms with Crippen molar-refractivity contribution < 1.29 is 34.3 Å². The molecule has 9 nitrogen and oxygen atoms in total. The van der Waals surface area contributed by atoms with E-state index >= 15 is 0 Å². The second-order valence-corrected chi connectivity index (χ2v) is 6.37. The number of aryl methyl sites for hydroxylation is 1. The summed E-state index contributed by atoms with van der Waals surface area (Å²) in [6.07, 6.45) is -1.47. The van der Waals surface area contributed by atoms with Gasteiger partial charge in [-0.05, 0) is 18.1 Å². The number of ether oxygens (including phenoxy) is 3. The van der Waals surface area contributed by atoms with Gasteiger partial charge < -0.3 is 40.2 Å². The van der Waals surface area contributed by atoms with Crippen LogP contribution in [0.4, 0.5) is 0 Å². The Balaban J connectivity index is 1.90. The molecule has 0 unspecified atom stereocenters. The maximum Gasteiger partial charge on any atom is 0.220 e. The van der Waals surface area contributed by atoms with Gasteiger partial charge in [0.25, 0.3) is 0 Å². The largest absolute Gasteiger partial charge is 0.496 e. The number of hydrogen-bond donors (Lipinski definition) is 5. The monoisotopic (exact) mass is 384 g/mol. The first-order valence-corrected chi connectivity index (χ1v) is 8.73. The highest BCUT2D eigenvalue weighted by Gasteiger charge is 2.40. The number of benzene rings is 1. The van der Waals surface area contributed by atoms with Gasteiger partial charge in [0.05, 0.1) is 52.2 Å². The van der Waals surface area contributed by atoms with Crippen LogP contribution >= 0.6 is 0 Å². The van der Waals surface area contributed by atoms with Crippen molar-refractivity contribution in [1.82, 2.24) is 10.6 Å². The van der Waals surface area contributed by atoms with Crippen molar-refractivity contribution in [2.45, 2.75) is 37.1 Å². The highest BCUT2D eigenvalue weighted by atomic mass is 16.5. The van der Waals surface area contributed by atoms with Crippen molar-refractivity contribution in [1.29, 1.82) is 0 Å². The SMILES string of the molecule is COc1cc(OC)c(OC)cc1CCC(=O)NC[C@@H]1N[C@H](CO)[C@H](O)[C@@H]1O. The maximum absolute atomic E-state index is 12.2. The molecule has 0 bridgehead atoms. The number of nitrogens with one attached hydrogen (secondary N) is 2. The van der Waals surface area contributed by atoms with Crippen LogP contribution in [0.15, 0.2) is 12.1 Å². The topological polar surface area (TPSA) is 130 Å². The van der Waals surface area contributed by atoms with E-state index in [-0.39, 0.29) is 25.5 Å². The number of hydrogen-bond acceptors (Lipinski definition) is 8. The van der Waals surface area contributed by atoms with Gasteiger partial charge in [0, 0.05) is 19.0 Å². The molecule has 0 saturated carbocycles. The lowest BCUT2D eigenvalue weighted by Gasteiger charge is -2.17. The number of aliphatic hydroxyl groups excluding tert-OH is 3. The van der Waals surface area contributed by atoms with Gasteiger partial charge in [-0.1, -0.05) is 0 Å². The zero-order valence-corrected chi connectivity index (χ0v) is 15.8. The summed E-state index contributed by atoms with van der Waals surface area (Å²) in [5.41, 5.74) is 0.806. The molecule has 1 aromatic carbocycles. The van der Waals surface area contributed by atoms with Gasteiger partial charge in [0.2, 0.25) is 5.91 Å². The van der Waals surface area contributed by atoms with Gasteiger partial charge in [-0.15, -0.1) is 0 Å². The molecule has 5 N–H and O–H groups in total. The number of methoxy groups -OCH3 is 3. The van der Waals surface area contributed by atoms with Gasteiger partial charge in [0.1, 0.15) is 5.75 Å². The van der Waals surface area contributed by atoms with Crippen LogP contribution in [-0.4, -0.2) is 80.0 Å². The molecule has 1 aliphatic heterocycles. The molecule has 4 atom stereocenters. The molecule has 1 aliphatic rings. The third-order valence-corrected chi connectivity index (χ3v) is 4.73. The van der Waals surface area contributed by atoms with Crippen LogP contribution in [-0.2, 0) is 11.2 Å². The fourth-order valence-corrected chi connectivity index (χ4v) is 3.14. The van der Waals surface area contributed by atoms with Gasteiger partial charge in [-0.3, -0.25) is 4.79 Å². The minimum absolute atomic E-state index is 0.149. The predicted molar refractivity (Wildman–Crippen MR) is 97.2 cm³/mol. The summed E-state index contributed by atoms with van der Waals surface area (Å²) in [7, 11) is 4.61. The minimum atomic E-state index is -1.06. The average Bonchev–Trinajstić information content (AvgIpc) is 2.97. The molecule has 152 valence electrons. The van der Waals surface area contributed by atoms with Crippen LogP contribution in [0.5, 0.6) is 17.2 Å². The van der Waals surface area contributed by atoms with E-state index in [4.69, 9.17) is 19.3 Å². The number of amides is 1. The molecule has 1 aromatic rings. The van der Waals surface area contributed by atoms with Gasteiger partial charge in [0.15, 0.2) is 11.5 Å². The van der Waals surface area contributed by atoms with E-state index in [9.17, 15) is 15.0 Å². The lowest BCUT2D eigenvalue weighted by atomic mass is 10.1. The highest BCUT2D eigenvalue weighted by Crippen LogP contribution is 2.35. The lowest BCUT2D eigenvalue weighted by Crippen LogP contribution is -2.44. The summed E-state index contributed by atoms with van der Waals surface area (Å²) in [5.74, 6) is 1.49. The van der Waals surface area contributed by atoms with E-state index in [0.29, 0.717) is 23.7 Å². The van der Waals surface area contributed by atoms with E-state index in [1.165, 1.54) is 14.2 Å². The Kier molecular flexibility index (Phi) is 7.66. The number of rotatable bonds is 9. The standard InChI is InChI=1S/C18H28N2O7/c1-25-13-7-15(27-3)14(26-2)6-10(13)4-5-16(22)19-8-11-17(23)18(24)12(9-21)20-11/h6-7,11-12,17-18,20-21,23-24H,4-5,8-9H2,1-3H3,(H,19,22)/t11-,12+,17+,18-/m0/s1. The molecular formula is C18H28N2O7. The normalized spacial score (nSPS) is 24.5. The molecule has 2 rings (SSSR count). The van der Waals surface area contributed by atoms with E-state index in [0.717, 1.165) is 5.56 Å². The summed E-state index contributed by atoms with van der Waals surface area (Å²) in [4.78, 5) is 12.2. The van der Waals surface area contributed by atoms with Gasteiger partial charge in [-0.2, -0.15) is 0 Å². The third kappa shape index (κ3) is 5.01. The Bertz CT molecular complexity index is 640. The summed E-state index contributed by atoms with van der Waals surface area (Å²) in [6, 6.07) is 2.37. The molecule has 1 heterocycles. The summed E-state index contributed by atoms with van der Waals surface area (Å²) in [5, 5.41) is 34.5. The Labute approximate surface area is 158 Å². The molecule has 0 aromatic heterocycles. The average molecular weight is 384 g/mol.